The number of anilines is 1. The highest BCUT2D eigenvalue weighted by molar-refractivity contribution is 7.92. The smallest absolute Gasteiger partial charge is 0.267 e. The number of sulfonamides is 2. The van der Waals surface area contributed by atoms with Crippen LogP contribution in [0.25, 0.3) is 0 Å². The zero-order valence-electron chi connectivity index (χ0n) is 24.8. The fourth-order valence-corrected chi connectivity index (χ4v) is 7.45. The number of methoxy groups -OCH3 is 1. The van der Waals surface area contributed by atoms with E-state index >= 15 is 0 Å². The summed E-state index contributed by atoms with van der Waals surface area (Å²) in [6.45, 7) is 6.15. The van der Waals surface area contributed by atoms with E-state index in [1.165, 1.54) is 63.2 Å². The topological polar surface area (TPSA) is 169 Å². The molecule has 0 saturated carbocycles. The zero-order chi connectivity index (χ0) is 31.7. The van der Waals surface area contributed by atoms with Gasteiger partial charge in [-0.05, 0) is 57.2 Å². The molecule has 3 atom stereocenters. The number of nitrogens with one attached hydrogen (secondary N) is 1. The Hall–Kier alpha value is -3.66. The van der Waals surface area contributed by atoms with Gasteiger partial charge in [0, 0.05) is 19.5 Å². The molecule has 0 unspecified atom stereocenters. The van der Waals surface area contributed by atoms with Crippen LogP contribution in [0.4, 0.5) is 5.69 Å². The van der Waals surface area contributed by atoms with Crippen molar-refractivity contribution in [3.05, 3.63) is 59.5 Å². The van der Waals surface area contributed by atoms with Crippen molar-refractivity contribution >= 4 is 31.6 Å². The highest BCUT2D eigenvalue weighted by Crippen LogP contribution is 2.37. The number of amides is 1. The first-order chi connectivity index (χ1) is 20.2. The number of para-hydroxylation sites is 1. The van der Waals surface area contributed by atoms with E-state index < -0.39 is 44.0 Å². The molecule has 43 heavy (non-hydrogen) atoms. The van der Waals surface area contributed by atoms with E-state index in [9.17, 15) is 26.7 Å². The highest BCUT2D eigenvalue weighted by Gasteiger charge is 2.37. The van der Waals surface area contributed by atoms with E-state index in [1.807, 2.05) is 0 Å². The largest absolute Gasteiger partial charge is 0.497 e. The van der Waals surface area contributed by atoms with Crippen LogP contribution >= 0.6 is 0 Å². The molecule has 0 bridgehead atoms. The first kappa shape index (κ1) is 32.3. The van der Waals surface area contributed by atoms with E-state index in [4.69, 9.17) is 14.0 Å². The van der Waals surface area contributed by atoms with E-state index in [2.05, 4.69) is 9.88 Å². The maximum Gasteiger partial charge on any atom is 0.267 e. The molecule has 1 aromatic heterocycles. The lowest BCUT2D eigenvalue weighted by molar-refractivity contribution is 0.0389. The molecule has 13 nitrogen and oxygen atoms in total. The number of aliphatic hydroxyl groups excluding tert-OH is 1. The molecule has 0 spiro atoms. The van der Waals surface area contributed by atoms with Crippen LogP contribution in [0, 0.1) is 19.8 Å². The van der Waals surface area contributed by atoms with Crippen molar-refractivity contribution in [2.45, 2.75) is 49.6 Å². The van der Waals surface area contributed by atoms with Gasteiger partial charge in [0.05, 0.1) is 42.4 Å². The first-order valence-electron chi connectivity index (χ1n) is 13.5. The van der Waals surface area contributed by atoms with Gasteiger partial charge in [0.2, 0.25) is 10.0 Å². The Morgan fingerprint density at radius 2 is 1.84 bits per heavy atom. The Bertz CT molecular complexity index is 1670. The van der Waals surface area contributed by atoms with Crippen molar-refractivity contribution in [1.82, 2.24) is 14.4 Å². The Labute approximate surface area is 251 Å². The minimum absolute atomic E-state index is 0.0257. The molecular weight excluding hydrogens is 600 g/mol. The van der Waals surface area contributed by atoms with Crippen molar-refractivity contribution in [2.24, 2.45) is 5.92 Å². The molecular formula is C28H36N4O9S2. The summed E-state index contributed by atoms with van der Waals surface area (Å²) in [4.78, 5) is 15.1. The van der Waals surface area contributed by atoms with Crippen LogP contribution in [-0.4, -0.2) is 88.2 Å². The molecule has 4 rings (SSSR count). The Morgan fingerprint density at radius 1 is 1.16 bits per heavy atom. The van der Waals surface area contributed by atoms with Crippen molar-refractivity contribution in [3.63, 3.8) is 0 Å². The van der Waals surface area contributed by atoms with Gasteiger partial charge in [0.25, 0.3) is 15.9 Å². The molecule has 1 amide bonds. The van der Waals surface area contributed by atoms with Crippen LogP contribution in [0.1, 0.15) is 35.7 Å². The van der Waals surface area contributed by atoms with Gasteiger partial charge < -0.3 is 24.0 Å². The SMILES string of the molecule is COc1ccc(S(=O)(=O)N(C)C[C@@H]2Oc3c(NS(=O)(=O)c4c(C)noc4C)cccc3C(=O)N([C@H](C)CO)C[C@@H]2C)cc1. The summed E-state index contributed by atoms with van der Waals surface area (Å²) < 4.78 is 73.9. The number of carbonyl (C=O) groups excluding carboxylic acids is 1. The van der Waals surface area contributed by atoms with Gasteiger partial charge in [-0.1, -0.05) is 18.1 Å². The molecule has 3 aromatic rings. The van der Waals surface area contributed by atoms with Gasteiger partial charge in [-0.2, -0.15) is 4.31 Å². The van der Waals surface area contributed by atoms with Crippen LogP contribution in [0.2, 0.25) is 0 Å². The lowest BCUT2D eigenvalue weighted by Gasteiger charge is -2.38. The number of benzene rings is 2. The Kier molecular flexibility index (Phi) is 9.39. The number of aromatic nitrogens is 1. The van der Waals surface area contributed by atoms with Crippen molar-refractivity contribution in [1.29, 1.82) is 0 Å². The molecule has 2 N–H and O–H groups in total. The molecule has 2 heterocycles. The summed E-state index contributed by atoms with van der Waals surface area (Å²) >= 11 is 0. The normalized spacial score (nSPS) is 18.4. The van der Waals surface area contributed by atoms with E-state index in [-0.39, 0.29) is 57.9 Å². The standard InChI is InChI=1S/C28H36N4O9S2/c1-17-14-32(18(2)16-33)28(34)23-8-7-9-24(30-42(35,36)27-19(3)29-41-20(27)4)26(23)40-25(17)15-31(5)43(37,38)22-12-10-21(39-6)11-13-22/h7-13,17-18,25,30,33H,14-16H2,1-6H3/t17-,18+,25-/m0/s1. The predicted octanol–water partition coefficient (Wildman–Crippen LogP) is 2.64. The first-order valence-corrected chi connectivity index (χ1v) is 16.4. The molecule has 1 aliphatic rings. The number of aliphatic hydroxyl groups is 1. The fraction of sp³-hybridized carbons (Fsp3) is 0.429. The van der Waals surface area contributed by atoms with Gasteiger partial charge in [0.15, 0.2) is 16.4 Å². The van der Waals surface area contributed by atoms with Crippen LogP contribution in [0.3, 0.4) is 0 Å². The highest BCUT2D eigenvalue weighted by atomic mass is 32.2. The second kappa shape index (κ2) is 12.5. The van der Waals surface area contributed by atoms with Gasteiger partial charge in [-0.25, -0.2) is 16.8 Å². The van der Waals surface area contributed by atoms with Crippen molar-refractivity contribution in [2.75, 3.05) is 38.6 Å². The number of hydrogen-bond acceptors (Lipinski definition) is 10. The molecule has 0 fully saturated rings. The predicted molar refractivity (Wildman–Crippen MR) is 157 cm³/mol. The van der Waals surface area contributed by atoms with Gasteiger partial charge >= 0.3 is 0 Å². The van der Waals surface area contributed by atoms with E-state index in [0.29, 0.717) is 5.75 Å². The van der Waals surface area contributed by atoms with Crippen LogP contribution < -0.4 is 14.2 Å². The summed E-state index contributed by atoms with van der Waals surface area (Å²) in [7, 11) is -5.29. The number of ether oxygens (including phenoxy) is 2. The number of aryl methyl sites for hydroxylation is 2. The molecule has 0 saturated heterocycles. The molecule has 234 valence electrons. The average molecular weight is 637 g/mol. The summed E-state index contributed by atoms with van der Waals surface area (Å²) in [5.74, 6) is -0.388. The minimum atomic E-state index is -4.22. The monoisotopic (exact) mass is 636 g/mol. The maximum atomic E-state index is 13.7. The van der Waals surface area contributed by atoms with Crippen LogP contribution in [-0.2, 0) is 20.0 Å². The average Bonchev–Trinajstić information content (AvgIpc) is 3.32. The number of likely N-dealkylation sites (N-methyl/N-ethyl adjacent to an activating group) is 1. The zero-order valence-corrected chi connectivity index (χ0v) is 26.4. The van der Waals surface area contributed by atoms with Crippen LogP contribution in [0.15, 0.2) is 56.8 Å². The lowest BCUT2D eigenvalue weighted by atomic mass is 9.99. The van der Waals surface area contributed by atoms with Crippen molar-refractivity contribution < 1.29 is 40.7 Å². The fourth-order valence-electron chi connectivity index (χ4n) is 4.87. The van der Waals surface area contributed by atoms with Crippen molar-refractivity contribution in [3.8, 4) is 11.5 Å². The quantitative estimate of drug-likeness (QED) is 0.337. The van der Waals surface area contributed by atoms with Gasteiger partial charge in [-0.3, -0.25) is 9.52 Å². The van der Waals surface area contributed by atoms with Gasteiger partial charge in [-0.15, -0.1) is 0 Å². The van der Waals surface area contributed by atoms with Gasteiger partial charge in [0.1, 0.15) is 17.5 Å². The molecule has 15 heteroatoms. The second-order valence-corrected chi connectivity index (χ2v) is 14.2. The molecule has 2 aromatic carbocycles. The molecule has 0 aliphatic carbocycles. The number of rotatable bonds is 10. The van der Waals surface area contributed by atoms with Crippen LogP contribution in [0.5, 0.6) is 11.5 Å². The second-order valence-electron chi connectivity index (χ2n) is 10.5. The van der Waals surface area contributed by atoms with E-state index in [0.717, 1.165) is 4.31 Å². The third kappa shape index (κ3) is 6.49. The molecule has 0 radical (unpaired) electrons. The third-order valence-electron chi connectivity index (χ3n) is 7.38. The minimum Gasteiger partial charge on any atom is -0.497 e. The third-order valence-corrected chi connectivity index (χ3v) is 10.8. The maximum absolute atomic E-state index is 13.7. The lowest BCUT2D eigenvalue weighted by Crippen LogP contribution is -2.50. The number of carbonyl (C=O) groups is 1. The Balaban J connectivity index is 1.76. The Morgan fingerprint density at radius 3 is 2.42 bits per heavy atom. The molecule has 1 aliphatic heterocycles. The summed E-state index contributed by atoms with van der Waals surface area (Å²) in [6.07, 6.45) is -0.831. The number of hydrogen-bond donors (Lipinski definition) is 2. The number of nitrogens with zero attached hydrogens (tertiary/aromatic N) is 3. The van der Waals surface area contributed by atoms with E-state index in [1.54, 1.807) is 26.0 Å². The summed E-state index contributed by atoms with van der Waals surface area (Å²) in [5, 5.41) is 13.6. The summed E-state index contributed by atoms with van der Waals surface area (Å²) in [5.41, 5.74) is 0.180. The number of fused-ring (bicyclic) bond motifs is 1. The summed E-state index contributed by atoms with van der Waals surface area (Å²) in [6, 6.07) is 9.83.